The number of benzene rings is 1. The van der Waals surface area contributed by atoms with Gasteiger partial charge in [-0.3, -0.25) is 4.68 Å². The molecule has 0 aliphatic carbocycles. The Labute approximate surface area is 115 Å². The lowest BCUT2D eigenvalue weighted by Gasteiger charge is -2.11. The number of hydrogen-bond acceptors (Lipinski definition) is 2. The number of rotatable bonds is 3. The summed E-state index contributed by atoms with van der Waals surface area (Å²) in [6.45, 7) is 1.96. The molecule has 1 atom stereocenters. The molecule has 1 heterocycles. The fourth-order valence-electron chi connectivity index (χ4n) is 1.89. The molecule has 1 N–H and O–H groups in total. The third kappa shape index (κ3) is 3.07. The van der Waals surface area contributed by atoms with Crippen LogP contribution in [0.2, 0.25) is 0 Å². The number of aliphatic hydroxyl groups is 1. The summed E-state index contributed by atoms with van der Waals surface area (Å²) in [7, 11) is 1.91. The van der Waals surface area contributed by atoms with Gasteiger partial charge in [0.1, 0.15) is 0 Å². The molecule has 4 heteroatoms. The molecule has 2 rings (SSSR count). The van der Waals surface area contributed by atoms with E-state index in [1.807, 2.05) is 49.0 Å². The van der Waals surface area contributed by atoms with Crippen molar-refractivity contribution in [1.82, 2.24) is 9.78 Å². The zero-order chi connectivity index (χ0) is 12.4. The second kappa shape index (κ2) is 5.18. The van der Waals surface area contributed by atoms with Crippen LogP contribution in [0.15, 0.2) is 30.3 Å². The minimum Gasteiger partial charge on any atom is -0.388 e. The SMILES string of the molecule is Cc1cc(CC(O)c2cccc(I)c2)n(C)n1. The highest BCUT2D eigenvalue weighted by Crippen LogP contribution is 2.20. The Kier molecular flexibility index (Phi) is 3.83. The highest BCUT2D eigenvalue weighted by Gasteiger charge is 2.12. The van der Waals surface area contributed by atoms with Crippen LogP contribution in [-0.2, 0) is 13.5 Å². The van der Waals surface area contributed by atoms with Gasteiger partial charge in [-0.05, 0) is 53.3 Å². The Hall–Kier alpha value is -0.880. The highest BCUT2D eigenvalue weighted by atomic mass is 127. The standard InChI is InChI=1S/C13H15IN2O/c1-9-6-12(16(2)15-9)8-13(17)10-4-3-5-11(14)7-10/h3-7,13,17H,8H2,1-2H3. The topological polar surface area (TPSA) is 38.0 Å². The normalized spacial score (nSPS) is 12.7. The molecule has 90 valence electrons. The highest BCUT2D eigenvalue weighted by molar-refractivity contribution is 14.1. The van der Waals surface area contributed by atoms with Gasteiger partial charge in [0.15, 0.2) is 0 Å². The van der Waals surface area contributed by atoms with Crippen LogP contribution in [-0.4, -0.2) is 14.9 Å². The number of aliphatic hydroxyl groups excluding tert-OH is 1. The van der Waals surface area contributed by atoms with Crippen LogP contribution in [0.3, 0.4) is 0 Å². The molecular formula is C13H15IN2O. The molecule has 0 saturated heterocycles. The lowest BCUT2D eigenvalue weighted by molar-refractivity contribution is 0.175. The molecule has 3 nitrogen and oxygen atoms in total. The minimum atomic E-state index is -0.473. The number of hydrogen-bond donors (Lipinski definition) is 1. The molecule has 0 amide bonds. The van der Waals surface area contributed by atoms with Crippen molar-refractivity contribution in [3.05, 3.63) is 50.9 Å². The lowest BCUT2D eigenvalue weighted by atomic mass is 10.1. The summed E-state index contributed by atoms with van der Waals surface area (Å²) in [4.78, 5) is 0. The zero-order valence-corrected chi connectivity index (χ0v) is 12.0. The van der Waals surface area contributed by atoms with Crippen molar-refractivity contribution < 1.29 is 5.11 Å². The van der Waals surface area contributed by atoms with Gasteiger partial charge in [-0.1, -0.05) is 12.1 Å². The fraction of sp³-hybridized carbons (Fsp3) is 0.308. The second-order valence-electron chi connectivity index (χ2n) is 4.18. The van der Waals surface area contributed by atoms with Gasteiger partial charge in [-0.2, -0.15) is 5.10 Å². The van der Waals surface area contributed by atoms with Crippen molar-refractivity contribution >= 4 is 22.6 Å². The molecule has 0 saturated carbocycles. The Bertz CT molecular complexity index is 522. The quantitative estimate of drug-likeness (QED) is 0.871. The molecule has 1 unspecified atom stereocenters. The maximum absolute atomic E-state index is 10.2. The van der Waals surface area contributed by atoms with E-state index < -0.39 is 6.10 Å². The van der Waals surface area contributed by atoms with E-state index in [0.717, 1.165) is 20.5 Å². The smallest absolute Gasteiger partial charge is 0.0845 e. The summed E-state index contributed by atoms with van der Waals surface area (Å²) >= 11 is 2.25. The van der Waals surface area contributed by atoms with E-state index in [9.17, 15) is 5.11 Å². The molecule has 1 aromatic carbocycles. The van der Waals surface area contributed by atoms with Gasteiger partial charge >= 0.3 is 0 Å². The summed E-state index contributed by atoms with van der Waals surface area (Å²) in [5, 5.41) is 14.5. The summed E-state index contributed by atoms with van der Waals surface area (Å²) in [5.74, 6) is 0. The van der Waals surface area contributed by atoms with Gasteiger partial charge in [-0.25, -0.2) is 0 Å². The molecule has 0 aliphatic heterocycles. The van der Waals surface area contributed by atoms with E-state index in [2.05, 4.69) is 27.7 Å². The van der Waals surface area contributed by atoms with E-state index in [1.54, 1.807) is 0 Å². The molecule has 1 aromatic heterocycles. The first-order valence-electron chi connectivity index (χ1n) is 5.49. The van der Waals surface area contributed by atoms with Gasteiger partial charge in [0, 0.05) is 22.7 Å². The summed E-state index contributed by atoms with van der Waals surface area (Å²) in [6.07, 6.45) is 0.122. The molecule has 2 aromatic rings. The maximum atomic E-state index is 10.2. The van der Waals surface area contributed by atoms with Gasteiger partial charge in [0.2, 0.25) is 0 Å². The van der Waals surface area contributed by atoms with Crippen LogP contribution >= 0.6 is 22.6 Å². The van der Waals surface area contributed by atoms with Crippen LogP contribution in [0, 0.1) is 10.5 Å². The predicted octanol–water partition coefficient (Wildman–Crippen LogP) is 2.61. The van der Waals surface area contributed by atoms with Gasteiger partial charge in [-0.15, -0.1) is 0 Å². The van der Waals surface area contributed by atoms with E-state index in [0.29, 0.717) is 6.42 Å². The predicted molar refractivity (Wildman–Crippen MR) is 75.8 cm³/mol. The fourth-order valence-corrected chi connectivity index (χ4v) is 2.45. The first-order chi connectivity index (χ1) is 8.06. The van der Waals surface area contributed by atoms with Crippen molar-refractivity contribution in [1.29, 1.82) is 0 Å². The van der Waals surface area contributed by atoms with Crippen molar-refractivity contribution in [3.8, 4) is 0 Å². The Morgan fingerprint density at radius 1 is 1.41 bits per heavy atom. The van der Waals surface area contributed by atoms with Gasteiger partial charge < -0.3 is 5.11 Å². The van der Waals surface area contributed by atoms with Gasteiger partial charge in [0.05, 0.1) is 11.8 Å². The first kappa shape index (κ1) is 12.6. The maximum Gasteiger partial charge on any atom is 0.0845 e. The Balaban J connectivity index is 2.16. The third-order valence-corrected chi connectivity index (χ3v) is 3.41. The second-order valence-corrected chi connectivity index (χ2v) is 5.42. The average molecular weight is 342 g/mol. The largest absolute Gasteiger partial charge is 0.388 e. The van der Waals surface area contributed by atoms with E-state index >= 15 is 0 Å². The van der Waals surface area contributed by atoms with Crippen LogP contribution in [0.1, 0.15) is 23.1 Å². The van der Waals surface area contributed by atoms with E-state index in [4.69, 9.17) is 0 Å². The number of halogens is 1. The van der Waals surface area contributed by atoms with Crippen molar-refractivity contribution in [2.24, 2.45) is 7.05 Å². The van der Waals surface area contributed by atoms with Crippen LogP contribution < -0.4 is 0 Å². The van der Waals surface area contributed by atoms with Crippen molar-refractivity contribution in [2.45, 2.75) is 19.4 Å². The molecule has 17 heavy (non-hydrogen) atoms. The Morgan fingerprint density at radius 3 is 2.76 bits per heavy atom. The van der Waals surface area contributed by atoms with Crippen molar-refractivity contribution in [3.63, 3.8) is 0 Å². The summed E-state index contributed by atoms with van der Waals surface area (Å²) in [6, 6.07) is 9.96. The van der Waals surface area contributed by atoms with E-state index in [-0.39, 0.29) is 0 Å². The van der Waals surface area contributed by atoms with Crippen LogP contribution in [0.25, 0.3) is 0 Å². The van der Waals surface area contributed by atoms with Gasteiger partial charge in [0.25, 0.3) is 0 Å². The molecule has 0 radical (unpaired) electrons. The lowest BCUT2D eigenvalue weighted by Crippen LogP contribution is -2.06. The monoisotopic (exact) mass is 342 g/mol. The Morgan fingerprint density at radius 2 is 2.18 bits per heavy atom. The molecule has 0 aliphatic rings. The molecular weight excluding hydrogens is 327 g/mol. The molecule has 0 bridgehead atoms. The van der Waals surface area contributed by atoms with Crippen LogP contribution in [0.4, 0.5) is 0 Å². The number of nitrogens with zero attached hydrogens (tertiary/aromatic N) is 2. The number of aromatic nitrogens is 2. The van der Waals surface area contributed by atoms with E-state index in [1.165, 1.54) is 0 Å². The summed E-state index contributed by atoms with van der Waals surface area (Å²) < 4.78 is 2.97. The van der Waals surface area contributed by atoms with Crippen LogP contribution in [0.5, 0.6) is 0 Å². The third-order valence-electron chi connectivity index (χ3n) is 2.73. The first-order valence-corrected chi connectivity index (χ1v) is 6.57. The summed E-state index contributed by atoms with van der Waals surface area (Å²) in [5.41, 5.74) is 2.99. The average Bonchev–Trinajstić information content (AvgIpc) is 2.57. The molecule has 0 fully saturated rings. The minimum absolute atomic E-state index is 0.473. The van der Waals surface area contributed by atoms with Crippen molar-refractivity contribution in [2.75, 3.05) is 0 Å². The molecule has 0 spiro atoms. The zero-order valence-electron chi connectivity index (χ0n) is 9.89. The number of aryl methyl sites for hydroxylation is 2.